The minimum atomic E-state index is -0.329. The van der Waals surface area contributed by atoms with Gasteiger partial charge in [0, 0.05) is 16.1 Å². The highest BCUT2D eigenvalue weighted by Crippen LogP contribution is 2.40. The molecular formula is C19H15ClN2O4S. The zero-order valence-corrected chi connectivity index (χ0v) is 16.1. The van der Waals surface area contributed by atoms with Gasteiger partial charge in [-0.1, -0.05) is 29.4 Å². The maximum atomic E-state index is 12.8. The van der Waals surface area contributed by atoms with Gasteiger partial charge < -0.3 is 13.9 Å². The Hall–Kier alpha value is -2.51. The first-order chi connectivity index (χ1) is 13.1. The van der Waals surface area contributed by atoms with Crippen LogP contribution >= 0.6 is 23.4 Å². The van der Waals surface area contributed by atoms with Crippen LogP contribution in [0.25, 0.3) is 11.5 Å². The summed E-state index contributed by atoms with van der Waals surface area (Å²) in [5.41, 5.74) is 2.29. The van der Waals surface area contributed by atoms with Gasteiger partial charge in [-0.15, -0.1) is 10.2 Å². The standard InChI is InChI=1S/C19H15ClN2O4S/c1-24-14-7-11-8-16(17(23)13(11)9-15(14)25-2)27-19-22-21-18(26-19)10-4-3-5-12(20)6-10/h3-7,9,16H,8H2,1-2H3/t16-/m0/s1. The number of carbonyl (C=O) groups excluding carboxylic acids is 1. The van der Waals surface area contributed by atoms with Crippen molar-refractivity contribution < 1.29 is 18.7 Å². The van der Waals surface area contributed by atoms with Gasteiger partial charge in [0.15, 0.2) is 17.3 Å². The van der Waals surface area contributed by atoms with Crippen LogP contribution in [0.2, 0.25) is 5.02 Å². The van der Waals surface area contributed by atoms with E-state index in [0.717, 1.165) is 11.1 Å². The Labute approximate surface area is 164 Å². The summed E-state index contributed by atoms with van der Waals surface area (Å²) in [6.45, 7) is 0. The Kier molecular flexibility index (Phi) is 4.80. The number of rotatable bonds is 5. The lowest BCUT2D eigenvalue weighted by molar-refractivity contribution is 0.0999. The predicted molar refractivity (Wildman–Crippen MR) is 102 cm³/mol. The SMILES string of the molecule is COc1cc2c(cc1OC)C(=O)[C@@H](Sc1nnc(-c3cccc(Cl)c3)o1)C2. The van der Waals surface area contributed by atoms with Gasteiger partial charge in [-0.3, -0.25) is 4.79 Å². The third-order valence-corrected chi connectivity index (χ3v) is 5.56. The first-order valence-corrected chi connectivity index (χ1v) is 9.40. The molecule has 0 radical (unpaired) electrons. The van der Waals surface area contributed by atoms with Crippen LogP contribution in [-0.2, 0) is 6.42 Å². The summed E-state index contributed by atoms with van der Waals surface area (Å²) >= 11 is 7.26. The van der Waals surface area contributed by atoms with Crippen molar-refractivity contribution in [1.82, 2.24) is 10.2 Å². The molecule has 4 rings (SSSR count). The van der Waals surface area contributed by atoms with E-state index in [-0.39, 0.29) is 11.0 Å². The summed E-state index contributed by atoms with van der Waals surface area (Å²) in [6, 6.07) is 10.7. The van der Waals surface area contributed by atoms with E-state index in [9.17, 15) is 4.79 Å². The summed E-state index contributed by atoms with van der Waals surface area (Å²) in [6.07, 6.45) is 0.564. The molecule has 2 aromatic carbocycles. The fourth-order valence-electron chi connectivity index (χ4n) is 3.00. The van der Waals surface area contributed by atoms with E-state index in [1.165, 1.54) is 11.8 Å². The van der Waals surface area contributed by atoms with Crippen molar-refractivity contribution in [2.75, 3.05) is 14.2 Å². The lowest BCUT2D eigenvalue weighted by atomic mass is 10.1. The average molecular weight is 403 g/mol. The van der Waals surface area contributed by atoms with Gasteiger partial charge in [0.1, 0.15) is 0 Å². The van der Waals surface area contributed by atoms with Crippen molar-refractivity contribution >= 4 is 29.1 Å². The van der Waals surface area contributed by atoms with Gasteiger partial charge >= 0.3 is 0 Å². The Bertz CT molecular complexity index is 1020. The Morgan fingerprint density at radius 1 is 1.15 bits per heavy atom. The molecule has 1 atom stereocenters. The summed E-state index contributed by atoms with van der Waals surface area (Å²) in [5, 5.41) is 8.70. The minimum Gasteiger partial charge on any atom is -0.493 e. The number of benzene rings is 2. The number of aromatic nitrogens is 2. The van der Waals surface area contributed by atoms with E-state index < -0.39 is 0 Å². The van der Waals surface area contributed by atoms with Gasteiger partial charge in [0.25, 0.3) is 5.22 Å². The number of halogens is 1. The predicted octanol–water partition coefficient (Wildman–Crippen LogP) is 4.31. The molecule has 3 aromatic rings. The highest BCUT2D eigenvalue weighted by Gasteiger charge is 2.34. The first kappa shape index (κ1) is 17.9. The van der Waals surface area contributed by atoms with E-state index in [4.69, 9.17) is 25.5 Å². The van der Waals surface area contributed by atoms with E-state index >= 15 is 0 Å². The molecule has 0 aliphatic heterocycles. The first-order valence-electron chi connectivity index (χ1n) is 8.14. The number of ether oxygens (including phenoxy) is 2. The van der Waals surface area contributed by atoms with Crippen LogP contribution in [0.4, 0.5) is 0 Å². The maximum Gasteiger partial charge on any atom is 0.277 e. The number of hydrogen-bond donors (Lipinski definition) is 0. The molecule has 1 aliphatic carbocycles. The molecule has 0 fully saturated rings. The van der Waals surface area contributed by atoms with Crippen molar-refractivity contribution in [3.05, 3.63) is 52.5 Å². The topological polar surface area (TPSA) is 74.5 Å². The zero-order valence-electron chi connectivity index (χ0n) is 14.6. The average Bonchev–Trinajstić information content (AvgIpc) is 3.26. The molecular weight excluding hydrogens is 388 g/mol. The molecule has 0 spiro atoms. The van der Waals surface area contributed by atoms with E-state index in [0.29, 0.717) is 39.6 Å². The van der Waals surface area contributed by atoms with Crippen LogP contribution in [0.3, 0.4) is 0 Å². The molecule has 1 aliphatic rings. The van der Waals surface area contributed by atoms with Crippen molar-refractivity contribution in [3.8, 4) is 23.0 Å². The lowest BCUT2D eigenvalue weighted by Gasteiger charge is -2.09. The Balaban J connectivity index is 1.55. The van der Waals surface area contributed by atoms with Crippen LogP contribution in [0.1, 0.15) is 15.9 Å². The third kappa shape index (κ3) is 3.40. The van der Waals surface area contributed by atoms with Crippen molar-refractivity contribution in [1.29, 1.82) is 0 Å². The van der Waals surface area contributed by atoms with E-state index in [2.05, 4.69) is 10.2 Å². The summed E-state index contributed by atoms with van der Waals surface area (Å²) in [5.74, 6) is 1.52. The summed E-state index contributed by atoms with van der Waals surface area (Å²) < 4.78 is 16.3. The van der Waals surface area contributed by atoms with Crippen LogP contribution < -0.4 is 9.47 Å². The van der Waals surface area contributed by atoms with Gasteiger partial charge in [0.2, 0.25) is 5.89 Å². The highest BCUT2D eigenvalue weighted by atomic mass is 35.5. The molecule has 1 heterocycles. The number of thioether (sulfide) groups is 1. The largest absolute Gasteiger partial charge is 0.493 e. The fraction of sp³-hybridized carbons (Fsp3) is 0.211. The quantitative estimate of drug-likeness (QED) is 0.629. The molecule has 0 saturated carbocycles. The number of hydrogen-bond acceptors (Lipinski definition) is 7. The molecule has 1 aromatic heterocycles. The summed E-state index contributed by atoms with van der Waals surface area (Å²) in [7, 11) is 3.12. The molecule has 0 unspecified atom stereocenters. The van der Waals surface area contributed by atoms with Gasteiger partial charge in [-0.25, -0.2) is 0 Å². The molecule has 138 valence electrons. The Morgan fingerprint density at radius 3 is 2.67 bits per heavy atom. The number of carbonyl (C=O) groups is 1. The smallest absolute Gasteiger partial charge is 0.277 e. The second kappa shape index (κ2) is 7.25. The zero-order chi connectivity index (χ0) is 19.0. The van der Waals surface area contributed by atoms with Crippen LogP contribution in [0.5, 0.6) is 11.5 Å². The molecule has 0 amide bonds. The monoisotopic (exact) mass is 402 g/mol. The third-order valence-electron chi connectivity index (χ3n) is 4.29. The van der Waals surface area contributed by atoms with Crippen LogP contribution in [0, 0.1) is 0 Å². The normalized spacial score (nSPS) is 15.7. The second-order valence-electron chi connectivity index (χ2n) is 5.92. The molecule has 27 heavy (non-hydrogen) atoms. The van der Waals surface area contributed by atoms with Gasteiger partial charge in [-0.05, 0) is 42.3 Å². The molecule has 8 heteroatoms. The fourth-order valence-corrected chi connectivity index (χ4v) is 4.14. The van der Waals surface area contributed by atoms with E-state index in [1.807, 2.05) is 18.2 Å². The highest BCUT2D eigenvalue weighted by molar-refractivity contribution is 8.00. The number of nitrogens with zero attached hydrogens (tertiary/aromatic N) is 2. The summed E-state index contributed by atoms with van der Waals surface area (Å²) in [4.78, 5) is 12.8. The van der Waals surface area contributed by atoms with Crippen LogP contribution in [0.15, 0.2) is 46.0 Å². The second-order valence-corrected chi connectivity index (χ2v) is 7.51. The number of methoxy groups -OCH3 is 2. The molecule has 6 nitrogen and oxygen atoms in total. The number of fused-ring (bicyclic) bond motifs is 1. The van der Waals surface area contributed by atoms with Crippen molar-refractivity contribution in [2.24, 2.45) is 0 Å². The maximum absolute atomic E-state index is 12.8. The minimum absolute atomic E-state index is 0.0125. The van der Waals surface area contributed by atoms with Gasteiger partial charge in [0.05, 0.1) is 19.5 Å². The molecule has 0 N–H and O–H groups in total. The van der Waals surface area contributed by atoms with Gasteiger partial charge in [-0.2, -0.15) is 0 Å². The number of Topliss-reactive ketones (excluding diaryl/α,β-unsaturated/α-hetero) is 1. The molecule has 0 bridgehead atoms. The molecule has 0 saturated heterocycles. The Morgan fingerprint density at radius 2 is 1.93 bits per heavy atom. The van der Waals surface area contributed by atoms with Crippen molar-refractivity contribution in [2.45, 2.75) is 16.9 Å². The van der Waals surface area contributed by atoms with E-state index in [1.54, 1.807) is 32.4 Å². The number of ketones is 1. The van der Waals surface area contributed by atoms with Crippen LogP contribution in [-0.4, -0.2) is 35.5 Å². The lowest BCUT2D eigenvalue weighted by Crippen LogP contribution is -2.11. The van der Waals surface area contributed by atoms with Crippen molar-refractivity contribution in [3.63, 3.8) is 0 Å².